The van der Waals surface area contributed by atoms with Gasteiger partial charge in [-0.1, -0.05) is 23.9 Å². The minimum Gasteiger partial charge on any atom is -0.478 e. The number of aromatic carboxylic acids is 1. The van der Waals surface area contributed by atoms with Gasteiger partial charge in [0.1, 0.15) is 0 Å². The van der Waals surface area contributed by atoms with Crippen molar-refractivity contribution in [3.05, 3.63) is 53.3 Å². The normalized spacial score (nSPS) is 10.3. The molecule has 0 aliphatic carbocycles. The van der Waals surface area contributed by atoms with Crippen molar-refractivity contribution in [1.29, 1.82) is 0 Å². The predicted octanol–water partition coefficient (Wildman–Crippen LogP) is 2.78. The largest absolute Gasteiger partial charge is 0.478 e. The number of aromatic nitrogens is 2. The van der Waals surface area contributed by atoms with Crippen LogP contribution in [-0.2, 0) is 5.75 Å². The molecule has 1 heterocycles. The lowest BCUT2D eigenvalue weighted by molar-refractivity contribution is 0.0697. The highest BCUT2D eigenvalue weighted by atomic mass is 32.2. The molecule has 0 radical (unpaired) electrons. The maximum absolute atomic E-state index is 10.8. The monoisotopic (exact) mass is 260 g/mol. The molecule has 1 aromatic carbocycles. The van der Waals surface area contributed by atoms with Crippen molar-refractivity contribution in [2.24, 2.45) is 0 Å². The Bertz CT molecular complexity index is 555. The molecule has 0 aliphatic rings. The highest BCUT2D eigenvalue weighted by Crippen LogP contribution is 2.19. The van der Waals surface area contributed by atoms with Crippen LogP contribution in [-0.4, -0.2) is 21.0 Å². The minimum atomic E-state index is -0.909. The van der Waals surface area contributed by atoms with Gasteiger partial charge in [0.2, 0.25) is 0 Å². The lowest BCUT2D eigenvalue weighted by Gasteiger charge is -2.02. The van der Waals surface area contributed by atoms with E-state index in [0.29, 0.717) is 16.5 Å². The van der Waals surface area contributed by atoms with Gasteiger partial charge in [-0.15, -0.1) is 0 Å². The number of carbonyl (C=O) groups is 1. The van der Waals surface area contributed by atoms with E-state index in [1.165, 1.54) is 11.8 Å². The second-order valence-corrected chi connectivity index (χ2v) is 4.78. The number of thioether (sulfide) groups is 1. The number of hydrogen-bond acceptors (Lipinski definition) is 4. The third kappa shape index (κ3) is 3.30. The van der Waals surface area contributed by atoms with Crippen molar-refractivity contribution in [3.63, 3.8) is 0 Å². The first-order chi connectivity index (χ1) is 8.65. The number of benzene rings is 1. The molecule has 18 heavy (non-hydrogen) atoms. The fourth-order valence-corrected chi connectivity index (χ4v) is 2.13. The van der Waals surface area contributed by atoms with Gasteiger partial charge in [0.05, 0.1) is 5.56 Å². The van der Waals surface area contributed by atoms with Crippen LogP contribution in [0, 0.1) is 6.92 Å². The summed E-state index contributed by atoms with van der Waals surface area (Å²) in [4.78, 5) is 19.2. The zero-order valence-corrected chi connectivity index (χ0v) is 10.6. The van der Waals surface area contributed by atoms with Crippen LogP contribution in [0.3, 0.4) is 0 Å². The number of aryl methyl sites for hydroxylation is 1. The Balaban J connectivity index is 2.04. The molecule has 0 amide bonds. The van der Waals surface area contributed by atoms with Gasteiger partial charge in [0.25, 0.3) is 0 Å². The van der Waals surface area contributed by atoms with Crippen LogP contribution < -0.4 is 0 Å². The molecule has 0 atom stereocenters. The van der Waals surface area contributed by atoms with E-state index >= 15 is 0 Å². The van der Waals surface area contributed by atoms with E-state index in [1.54, 1.807) is 30.6 Å². The third-order valence-corrected chi connectivity index (χ3v) is 3.25. The average molecular weight is 260 g/mol. The van der Waals surface area contributed by atoms with E-state index in [9.17, 15) is 4.79 Å². The van der Waals surface area contributed by atoms with Gasteiger partial charge in [0, 0.05) is 18.1 Å². The minimum absolute atomic E-state index is 0.304. The average Bonchev–Trinajstić information content (AvgIpc) is 2.38. The van der Waals surface area contributed by atoms with Gasteiger partial charge >= 0.3 is 5.97 Å². The molecule has 0 spiro atoms. The summed E-state index contributed by atoms with van der Waals surface area (Å²) in [6.45, 7) is 1.94. The molecule has 0 bridgehead atoms. The maximum Gasteiger partial charge on any atom is 0.335 e. The van der Waals surface area contributed by atoms with Crippen molar-refractivity contribution in [2.75, 3.05) is 0 Å². The summed E-state index contributed by atoms with van der Waals surface area (Å²) in [7, 11) is 0. The van der Waals surface area contributed by atoms with Gasteiger partial charge in [0.15, 0.2) is 5.16 Å². The van der Waals surface area contributed by atoms with E-state index in [-0.39, 0.29) is 0 Å². The summed E-state index contributed by atoms with van der Waals surface area (Å²) in [6.07, 6.45) is 3.53. The Morgan fingerprint density at radius 1 is 1.33 bits per heavy atom. The van der Waals surface area contributed by atoms with Crippen LogP contribution in [0.25, 0.3) is 0 Å². The van der Waals surface area contributed by atoms with E-state index in [2.05, 4.69) is 9.97 Å². The molecule has 1 aromatic heterocycles. The summed E-state index contributed by atoms with van der Waals surface area (Å²) in [6, 6.07) is 6.89. The zero-order valence-electron chi connectivity index (χ0n) is 9.83. The van der Waals surface area contributed by atoms with Crippen LogP contribution in [0.1, 0.15) is 21.5 Å². The Morgan fingerprint density at radius 3 is 2.72 bits per heavy atom. The van der Waals surface area contributed by atoms with E-state index in [4.69, 9.17) is 5.11 Å². The van der Waals surface area contributed by atoms with Crippen LogP contribution >= 0.6 is 11.8 Å². The molecule has 92 valence electrons. The van der Waals surface area contributed by atoms with Gasteiger partial charge in [-0.25, -0.2) is 14.8 Å². The van der Waals surface area contributed by atoms with E-state index in [1.807, 2.05) is 13.0 Å². The first kappa shape index (κ1) is 12.6. The smallest absolute Gasteiger partial charge is 0.335 e. The second-order valence-electron chi connectivity index (χ2n) is 3.84. The third-order valence-electron chi connectivity index (χ3n) is 2.30. The fraction of sp³-hybridized carbons (Fsp3) is 0.154. The van der Waals surface area contributed by atoms with Crippen molar-refractivity contribution in [3.8, 4) is 0 Å². The van der Waals surface area contributed by atoms with Crippen molar-refractivity contribution < 1.29 is 9.90 Å². The maximum atomic E-state index is 10.8. The molecule has 0 saturated carbocycles. The highest BCUT2D eigenvalue weighted by molar-refractivity contribution is 7.98. The summed E-state index contributed by atoms with van der Waals surface area (Å²) in [5, 5.41) is 9.59. The fourth-order valence-electron chi connectivity index (χ4n) is 1.40. The number of rotatable bonds is 4. The number of nitrogens with zero attached hydrogens (tertiary/aromatic N) is 2. The number of carboxylic acid groups (broad SMARTS) is 1. The van der Waals surface area contributed by atoms with Gasteiger partial charge in [-0.05, 0) is 30.2 Å². The molecule has 2 rings (SSSR count). The Hall–Kier alpha value is -1.88. The lowest BCUT2D eigenvalue weighted by Crippen LogP contribution is -1.96. The molecular formula is C13H12N2O2S. The molecule has 0 fully saturated rings. The van der Waals surface area contributed by atoms with Crippen LogP contribution in [0.5, 0.6) is 0 Å². The lowest BCUT2D eigenvalue weighted by atomic mass is 10.1. The van der Waals surface area contributed by atoms with Crippen LogP contribution in [0.15, 0.2) is 41.8 Å². The molecule has 1 N–H and O–H groups in total. The summed E-state index contributed by atoms with van der Waals surface area (Å²) < 4.78 is 0. The van der Waals surface area contributed by atoms with Gasteiger partial charge in [-0.2, -0.15) is 0 Å². The van der Waals surface area contributed by atoms with Gasteiger partial charge < -0.3 is 5.11 Å². The zero-order chi connectivity index (χ0) is 13.0. The summed E-state index contributed by atoms with van der Waals surface area (Å²) >= 11 is 1.49. The SMILES string of the molecule is Cc1cnc(SCc2cccc(C(=O)O)c2)nc1. The molecule has 0 unspecified atom stereocenters. The van der Waals surface area contributed by atoms with Crippen LogP contribution in [0.2, 0.25) is 0 Å². The molecular weight excluding hydrogens is 248 g/mol. The van der Waals surface area contributed by atoms with Crippen molar-refractivity contribution in [1.82, 2.24) is 9.97 Å². The van der Waals surface area contributed by atoms with Gasteiger partial charge in [-0.3, -0.25) is 0 Å². The van der Waals surface area contributed by atoms with Crippen molar-refractivity contribution >= 4 is 17.7 Å². The Morgan fingerprint density at radius 2 is 2.06 bits per heavy atom. The Kier molecular flexibility index (Phi) is 3.94. The number of hydrogen-bond donors (Lipinski definition) is 1. The topological polar surface area (TPSA) is 63.1 Å². The van der Waals surface area contributed by atoms with Crippen molar-refractivity contribution in [2.45, 2.75) is 17.8 Å². The first-order valence-corrected chi connectivity index (χ1v) is 6.37. The first-order valence-electron chi connectivity index (χ1n) is 5.39. The summed E-state index contributed by atoms with van der Waals surface area (Å²) in [5.41, 5.74) is 2.27. The Labute approximate surface area is 109 Å². The molecule has 0 saturated heterocycles. The standard InChI is InChI=1S/C13H12N2O2S/c1-9-6-14-13(15-7-9)18-8-10-3-2-4-11(5-10)12(16)17/h2-7H,8H2,1H3,(H,16,17). The molecule has 0 aliphatic heterocycles. The summed E-state index contributed by atoms with van der Waals surface area (Å²) in [5.74, 6) is -0.252. The predicted molar refractivity (Wildman–Crippen MR) is 69.7 cm³/mol. The second kappa shape index (κ2) is 5.64. The molecule has 5 heteroatoms. The quantitative estimate of drug-likeness (QED) is 0.676. The molecule has 4 nitrogen and oxygen atoms in total. The van der Waals surface area contributed by atoms with E-state index < -0.39 is 5.97 Å². The number of carboxylic acids is 1. The molecule has 2 aromatic rings. The highest BCUT2D eigenvalue weighted by Gasteiger charge is 2.04. The van der Waals surface area contributed by atoms with Crippen LogP contribution in [0.4, 0.5) is 0 Å². The van der Waals surface area contributed by atoms with E-state index in [0.717, 1.165) is 11.1 Å².